The molecule has 0 fully saturated rings. The van der Waals surface area contributed by atoms with Gasteiger partial charge in [0.15, 0.2) is 11.6 Å². The monoisotopic (exact) mass is 199 g/mol. The molecule has 0 saturated carbocycles. The zero-order valence-electron chi connectivity index (χ0n) is 7.50. The minimum absolute atomic E-state index is 0.0978. The number of hydrogen-bond donors (Lipinski definition) is 1. The van der Waals surface area contributed by atoms with E-state index in [1.54, 1.807) is 0 Å². The van der Waals surface area contributed by atoms with Crippen molar-refractivity contribution >= 4 is 10.9 Å². The molecule has 1 aromatic heterocycles. The molecule has 0 aliphatic carbocycles. The lowest BCUT2D eigenvalue weighted by Crippen LogP contribution is -1.88. The fourth-order valence-corrected chi connectivity index (χ4v) is 1.43. The normalized spacial score (nSPS) is 11.1. The first-order chi connectivity index (χ1) is 6.63. The predicted octanol–water partition coefficient (Wildman–Crippen LogP) is 3.15. The SMILES string of the molecule is CCc1cc2c(F)cc(F)c(F)c2[nH]1. The van der Waals surface area contributed by atoms with Gasteiger partial charge < -0.3 is 4.98 Å². The maximum atomic E-state index is 13.2. The van der Waals surface area contributed by atoms with E-state index in [-0.39, 0.29) is 10.9 Å². The van der Waals surface area contributed by atoms with Gasteiger partial charge in [-0.3, -0.25) is 0 Å². The molecule has 0 unspecified atom stereocenters. The standard InChI is InChI=1S/C10H8F3N/c1-2-5-3-6-7(11)4-8(12)9(13)10(6)14-5/h3-4,14H,2H2,1H3. The Balaban J connectivity index is 2.84. The summed E-state index contributed by atoms with van der Waals surface area (Å²) < 4.78 is 39.1. The summed E-state index contributed by atoms with van der Waals surface area (Å²) in [7, 11) is 0. The van der Waals surface area contributed by atoms with Gasteiger partial charge in [-0.15, -0.1) is 0 Å². The topological polar surface area (TPSA) is 15.8 Å². The molecular weight excluding hydrogens is 191 g/mol. The molecule has 0 radical (unpaired) electrons. The molecule has 0 atom stereocenters. The largest absolute Gasteiger partial charge is 0.356 e. The van der Waals surface area contributed by atoms with Gasteiger partial charge in [-0.2, -0.15) is 0 Å². The van der Waals surface area contributed by atoms with Gasteiger partial charge in [0.05, 0.1) is 5.52 Å². The van der Waals surface area contributed by atoms with Gasteiger partial charge in [-0.1, -0.05) is 6.92 Å². The molecule has 0 spiro atoms. The highest BCUT2D eigenvalue weighted by molar-refractivity contribution is 5.81. The molecule has 1 aromatic carbocycles. The third-order valence-corrected chi connectivity index (χ3v) is 2.19. The van der Waals surface area contributed by atoms with Crippen LogP contribution in [-0.4, -0.2) is 4.98 Å². The Hall–Kier alpha value is -1.45. The zero-order valence-corrected chi connectivity index (χ0v) is 7.50. The molecule has 1 nitrogen and oxygen atoms in total. The summed E-state index contributed by atoms with van der Waals surface area (Å²) in [4.78, 5) is 2.64. The van der Waals surface area contributed by atoms with Crippen molar-refractivity contribution < 1.29 is 13.2 Å². The lowest BCUT2D eigenvalue weighted by molar-refractivity contribution is 0.504. The highest BCUT2D eigenvalue weighted by atomic mass is 19.2. The number of halogens is 3. The average molecular weight is 199 g/mol. The fourth-order valence-electron chi connectivity index (χ4n) is 1.43. The highest BCUT2D eigenvalue weighted by Gasteiger charge is 2.14. The minimum Gasteiger partial charge on any atom is -0.356 e. The number of benzene rings is 1. The van der Waals surface area contributed by atoms with E-state index in [4.69, 9.17) is 0 Å². The van der Waals surface area contributed by atoms with E-state index in [1.165, 1.54) is 6.07 Å². The Morgan fingerprint density at radius 2 is 1.86 bits per heavy atom. The zero-order chi connectivity index (χ0) is 10.3. The van der Waals surface area contributed by atoms with E-state index in [0.717, 1.165) is 0 Å². The van der Waals surface area contributed by atoms with Crippen LogP contribution in [-0.2, 0) is 6.42 Å². The van der Waals surface area contributed by atoms with Crippen molar-refractivity contribution in [2.75, 3.05) is 0 Å². The van der Waals surface area contributed by atoms with Crippen LogP contribution in [0.2, 0.25) is 0 Å². The Morgan fingerprint density at radius 3 is 2.50 bits per heavy atom. The van der Waals surface area contributed by atoms with Gasteiger partial charge in [-0.25, -0.2) is 13.2 Å². The summed E-state index contributed by atoms with van der Waals surface area (Å²) in [5, 5.41) is 0.0979. The molecule has 1 N–H and O–H groups in total. The molecule has 1 heterocycles. The quantitative estimate of drug-likeness (QED) is 0.679. The number of fused-ring (bicyclic) bond motifs is 1. The van der Waals surface area contributed by atoms with E-state index in [9.17, 15) is 13.2 Å². The summed E-state index contributed by atoms with van der Waals surface area (Å²) in [6.45, 7) is 1.84. The maximum Gasteiger partial charge on any atom is 0.183 e. The van der Waals surface area contributed by atoms with E-state index in [0.29, 0.717) is 18.2 Å². The molecular formula is C10H8F3N. The van der Waals surface area contributed by atoms with Crippen molar-refractivity contribution in [3.05, 3.63) is 35.3 Å². The summed E-state index contributed by atoms with van der Waals surface area (Å²) in [6, 6.07) is 2.05. The van der Waals surface area contributed by atoms with Crippen molar-refractivity contribution in [3.8, 4) is 0 Å². The second-order valence-electron chi connectivity index (χ2n) is 3.09. The maximum absolute atomic E-state index is 13.2. The molecule has 14 heavy (non-hydrogen) atoms. The molecule has 0 saturated heterocycles. The van der Waals surface area contributed by atoms with Crippen LogP contribution in [0.4, 0.5) is 13.2 Å². The second kappa shape index (κ2) is 3.04. The number of aromatic nitrogens is 1. The van der Waals surface area contributed by atoms with Crippen LogP contribution in [0.25, 0.3) is 10.9 Å². The number of nitrogens with one attached hydrogen (secondary N) is 1. The van der Waals surface area contributed by atoms with Crippen LogP contribution in [0, 0.1) is 17.5 Å². The van der Waals surface area contributed by atoms with Crippen LogP contribution in [0.5, 0.6) is 0 Å². The van der Waals surface area contributed by atoms with Gasteiger partial charge in [0.1, 0.15) is 5.82 Å². The van der Waals surface area contributed by atoms with Crippen molar-refractivity contribution in [1.29, 1.82) is 0 Å². The summed E-state index contributed by atoms with van der Waals surface area (Å²) in [5.74, 6) is -2.93. The molecule has 0 aliphatic heterocycles. The Labute approximate surface area is 78.5 Å². The molecule has 0 amide bonds. The number of hydrogen-bond acceptors (Lipinski definition) is 0. The minimum atomic E-state index is -1.17. The van der Waals surface area contributed by atoms with Crippen LogP contribution in [0.3, 0.4) is 0 Å². The number of aromatic amines is 1. The van der Waals surface area contributed by atoms with Crippen molar-refractivity contribution in [2.45, 2.75) is 13.3 Å². The van der Waals surface area contributed by atoms with Crippen LogP contribution in [0.1, 0.15) is 12.6 Å². The van der Waals surface area contributed by atoms with Gasteiger partial charge in [0, 0.05) is 17.1 Å². The highest BCUT2D eigenvalue weighted by Crippen LogP contribution is 2.24. The van der Waals surface area contributed by atoms with E-state index >= 15 is 0 Å². The first-order valence-electron chi connectivity index (χ1n) is 4.28. The summed E-state index contributed by atoms with van der Waals surface area (Å²) in [5.41, 5.74) is 0.586. The van der Waals surface area contributed by atoms with Gasteiger partial charge in [0.25, 0.3) is 0 Å². The average Bonchev–Trinajstić information content (AvgIpc) is 2.58. The Kier molecular flexibility index (Phi) is 1.98. The number of rotatable bonds is 1. The van der Waals surface area contributed by atoms with Crippen molar-refractivity contribution in [2.24, 2.45) is 0 Å². The smallest absolute Gasteiger partial charge is 0.183 e. The summed E-state index contributed by atoms with van der Waals surface area (Å²) in [6.07, 6.45) is 0.620. The van der Waals surface area contributed by atoms with E-state index < -0.39 is 17.5 Å². The van der Waals surface area contributed by atoms with Crippen LogP contribution < -0.4 is 0 Å². The fraction of sp³-hybridized carbons (Fsp3) is 0.200. The van der Waals surface area contributed by atoms with Gasteiger partial charge in [-0.05, 0) is 12.5 Å². The second-order valence-corrected chi connectivity index (χ2v) is 3.09. The molecule has 2 aromatic rings. The summed E-state index contributed by atoms with van der Waals surface area (Å²) >= 11 is 0. The molecule has 0 aliphatic rings. The van der Waals surface area contributed by atoms with Crippen LogP contribution in [0.15, 0.2) is 12.1 Å². The van der Waals surface area contributed by atoms with Crippen molar-refractivity contribution in [3.63, 3.8) is 0 Å². The Bertz CT molecular complexity index is 488. The third kappa shape index (κ3) is 1.18. The van der Waals surface area contributed by atoms with Gasteiger partial charge in [0.2, 0.25) is 0 Å². The van der Waals surface area contributed by atoms with Crippen molar-refractivity contribution in [1.82, 2.24) is 4.98 Å². The van der Waals surface area contributed by atoms with E-state index in [1.807, 2.05) is 6.92 Å². The lowest BCUT2D eigenvalue weighted by Gasteiger charge is -1.95. The molecule has 74 valence electrons. The van der Waals surface area contributed by atoms with Gasteiger partial charge >= 0.3 is 0 Å². The number of H-pyrrole nitrogens is 1. The Morgan fingerprint density at radius 1 is 1.14 bits per heavy atom. The van der Waals surface area contributed by atoms with Crippen LogP contribution >= 0.6 is 0 Å². The first-order valence-corrected chi connectivity index (χ1v) is 4.28. The molecule has 2 rings (SSSR count). The van der Waals surface area contributed by atoms with E-state index in [2.05, 4.69) is 4.98 Å². The predicted molar refractivity (Wildman–Crippen MR) is 47.6 cm³/mol. The molecule has 0 bridgehead atoms. The number of aryl methyl sites for hydroxylation is 1. The first kappa shape index (κ1) is 9.12. The molecule has 4 heteroatoms. The third-order valence-electron chi connectivity index (χ3n) is 2.19. The lowest BCUT2D eigenvalue weighted by atomic mass is 10.2.